The van der Waals surface area contributed by atoms with Gasteiger partial charge in [0.25, 0.3) is 5.91 Å². The van der Waals surface area contributed by atoms with Crippen LogP contribution in [0.5, 0.6) is 0 Å². The van der Waals surface area contributed by atoms with Gasteiger partial charge in [0.05, 0.1) is 18.4 Å². The minimum atomic E-state index is -0.175. The van der Waals surface area contributed by atoms with Gasteiger partial charge in [0.2, 0.25) is 4.96 Å². The van der Waals surface area contributed by atoms with Crippen molar-refractivity contribution >= 4 is 27.9 Å². The van der Waals surface area contributed by atoms with E-state index >= 15 is 0 Å². The van der Waals surface area contributed by atoms with Crippen LogP contribution in [-0.2, 0) is 6.54 Å². The van der Waals surface area contributed by atoms with E-state index in [4.69, 9.17) is 0 Å². The van der Waals surface area contributed by atoms with Crippen LogP contribution < -0.4 is 5.32 Å². The average molecular weight is 313 g/mol. The molecule has 0 atom stereocenters. The molecule has 1 amide bonds. The predicted octanol–water partition coefficient (Wildman–Crippen LogP) is 1.07. The van der Waals surface area contributed by atoms with E-state index in [0.29, 0.717) is 17.8 Å². The highest BCUT2D eigenvalue weighted by Crippen LogP contribution is 2.13. The molecule has 0 saturated heterocycles. The van der Waals surface area contributed by atoms with Gasteiger partial charge in [-0.15, -0.1) is 0 Å². The zero-order valence-corrected chi connectivity index (χ0v) is 12.4. The standard InChI is InChI=1S/C13H11N7OS/c1-8-18-20-6-10(17-13(20)22-8)5-14-12(21)9-2-3-19-11(4-9)15-7-16-19/h2-4,6-7H,5H2,1H3,(H,14,21). The number of hydrogen-bond acceptors (Lipinski definition) is 6. The number of pyridine rings is 1. The van der Waals surface area contributed by atoms with E-state index in [0.717, 1.165) is 15.7 Å². The topological polar surface area (TPSA) is 89.5 Å². The number of imidazole rings is 1. The Labute approximate surface area is 128 Å². The Balaban J connectivity index is 1.49. The summed E-state index contributed by atoms with van der Waals surface area (Å²) in [6.45, 7) is 2.28. The Morgan fingerprint density at radius 1 is 1.41 bits per heavy atom. The van der Waals surface area contributed by atoms with Gasteiger partial charge >= 0.3 is 0 Å². The van der Waals surface area contributed by atoms with Crippen molar-refractivity contribution in [3.8, 4) is 0 Å². The maximum atomic E-state index is 12.2. The van der Waals surface area contributed by atoms with Gasteiger partial charge in [-0.25, -0.2) is 19.0 Å². The third-order valence-corrected chi connectivity index (χ3v) is 4.01. The van der Waals surface area contributed by atoms with Crippen LogP contribution in [0.15, 0.2) is 30.9 Å². The Morgan fingerprint density at radius 2 is 2.32 bits per heavy atom. The summed E-state index contributed by atoms with van der Waals surface area (Å²) < 4.78 is 3.33. The first-order valence-corrected chi connectivity index (χ1v) is 7.40. The molecule has 0 aromatic carbocycles. The number of nitrogens with one attached hydrogen (secondary N) is 1. The van der Waals surface area contributed by atoms with Crippen LogP contribution in [-0.4, -0.2) is 35.1 Å². The van der Waals surface area contributed by atoms with E-state index < -0.39 is 0 Å². The number of carbonyl (C=O) groups is 1. The lowest BCUT2D eigenvalue weighted by Gasteiger charge is -2.03. The Hall–Kier alpha value is -2.81. The van der Waals surface area contributed by atoms with Gasteiger partial charge in [0, 0.05) is 11.8 Å². The first-order valence-electron chi connectivity index (χ1n) is 6.58. The molecule has 0 aliphatic rings. The number of hydrogen-bond donors (Lipinski definition) is 1. The summed E-state index contributed by atoms with van der Waals surface area (Å²) in [6, 6.07) is 3.40. The molecule has 0 aliphatic heterocycles. The fraction of sp³-hybridized carbons (Fsp3) is 0.154. The molecule has 0 saturated carbocycles. The normalized spacial score (nSPS) is 11.3. The number of aromatic nitrogens is 6. The molecule has 4 aromatic heterocycles. The van der Waals surface area contributed by atoms with Crippen molar-refractivity contribution in [3.63, 3.8) is 0 Å². The number of carbonyl (C=O) groups excluding carboxylic acids is 1. The summed E-state index contributed by atoms with van der Waals surface area (Å²) in [4.78, 5) is 21.5. The molecule has 0 bridgehead atoms. The van der Waals surface area contributed by atoms with Crippen LogP contribution in [0.25, 0.3) is 10.6 Å². The van der Waals surface area contributed by atoms with E-state index in [1.807, 2.05) is 13.1 Å². The lowest BCUT2D eigenvalue weighted by molar-refractivity contribution is 0.0950. The van der Waals surface area contributed by atoms with E-state index in [1.165, 1.54) is 17.7 Å². The van der Waals surface area contributed by atoms with Crippen molar-refractivity contribution in [1.29, 1.82) is 0 Å². The highest BCUT2D eigenvalue weighted by Gasteiger charge is 2.10. The van der Waals surface area contributed by atoms with Crippen LogP contribution in [0.2, 0.25) is 0 Å². The molecular formula is C13H11N7OS. The summed E-state index contributed by atoms with van der Waals surface area (Å²) in [5.74, 6) is -0.175. The summed E-state index contributed by atoms with van der Waals surface area (Å²) in [5.41, 5.74) is 1.95. The first-order chi connectivity index (χ1) is 10.7. The zero-order valence-electron chi connectivity index (χ0n) is 11.6. The lowest BCUT2D eigenvalue weighted by Crippen LogP contribution is -2.23. The highest BCUT2D eigenvalue weighted by atomic mass is 32.1. The molecular weight excluding hydrogens is 302 g/mol. The second kappa shape index (κ2) is 4.88. The minimum Gasteiger partial charge on any atom is -0.346 e. The molecule has 22 heavy (non-hydrogen) atoms. The SMILES string of the molecule is Cc1nn2cc(CNC(=O)c3ccn4ncnc4c3)nc2s1. The van der Waals surface area contributed by atoms with Gasteiger partial charge < -0.3 is 5.32 Å². The molecule has 110 valence electrons. The van der Waals surface area contributed by atoms with Gasteiger partial charge in [-0.1, -0.05) is 11.3 Å². The molecule has 0 aliphatic carbocycles. The zero-order chi connectivity index (χ0) is 15.1. The quantitative estimate of drug-likeness (QED) is 0.611. The largest absolute Gasteiger partial charge is 0.346 e. The highest BCUT2D eigenvalue weighted by molar-refractivity contribution is 7.16. The Morgan fingerprint density at radius 3 is 3.18 bits per heavy atom. The van der Waals surface area contributed by atoms with Gasteiger partial charge in [0.15, 0.2) is 5.65 Å². The van der Waals surface area contributed by atoms with Crippen molar-refractivity contribution in [2.75, 3.05) is 0 Å². The Kier molecular flexibility index (Phi) is 2.86. The molecule has 1 N–H and O–H groups in total. The van der Waals surface area contributed by atoms with E-state index in [2.05, 4.69) is 25.5 Å². The maximum absolute atomic E-state index is 12.2. The first kappa shape index (κ1) is 12.9. The van der Waals surface area contributed by atoms with Crippen LogP contribution in [0.4, 0.5) is 0 Å². The molecule has 9 heteroatoms. The number of nitrogens with zero attached hydrogens (tertiary/aromatic N) is 6. The second-order valence-corrected chi connectivity index (χ2v) is 5.90. The molecule has 4 rings (SSSR count). The minimum absolute atomic E-state index is 0.175. The van der Waals surface area contributed by atoms with Crippen LogP contribution >= 0.6 is 11.3 Å². The van der Waals surface area contributed by atoms with Crippen molar-refractivity contribution in [2.24, 2.45) is 0 Å². The van der Waals surface area contributed by atoms with Crippen molar-refractivity contribution in [2.45, 2.75) is 13.5 Å². The summed E-state index contributed by atoms with van der Waals surface area (Å²) in [6.07, 6.45) is 4.97. The fourth-order valence-electron chi connectivity index (χ4n) is 2.16. The molecule has 8 nitrogen and oxygen atoms in total. The predicted molar refractivity (Wildman–Crippen MR) is 79.8 cm³/mol. The summed E-state index contributed by atoms with van der Waals surface area (Å²) in [7, 11) is 0. The monoisotopic (exact) mass is 313 g/mol. The van der Waals surface area contributed by atoms with Crippen LogP contribution in [0, 0.1) is 6.92 Å². The number of fused-ring (bicyclic) bond motifs is 2. The van der Waals surface area contributed by atoms with Gasteiger partial charge in [0.1, 0.15) is 11.3 Å². The third-order valence-electron chi connectivity index (χ3n) is 3.17. The second-order valence-electron chi connectivity index (χ2n) is 4.74. The Bertz CT molecular complexity index is 951. The van der Waals surface area contributed by atoms with Crippen molar-refractivity contribution < 1.29 is 4.79 Å². The van der Waals surface area contributed by atoms with Crippen molar-refractivity contribution in [3.05, 3.63) is 47.1 Å². The molecule has 4 heterocycles. The maximum Gasteiger partial charge on any atom is 0.251 e. The number of amides is 1. The summed E-state index contributed by atoms with van der Waals surface area (Å²) >= 11 is 1.52. The van der Waals surface area contributed by atoms with Crippen molar-refractivity contribution in [1.82, 2.24) is 34.5 Å². The van der Waals surface area contributed by atoms with Gasteiger partial charge in [-0.2, -0.15) is 10.2 Å². The van der Waals surface area contributed by atoms with E-state index in [-0.39, 0.29) is 5.91 Å². The van der Waals surface area contributed by atoms with Crippen LogP contribution in [0.3, 0.4) is 0 Å². The molecule has 0 radical (unpaired) electrons. The van der Waals surface area contributed by atoms with E-state index in [9.17, 15) is 4.79 Å². The van der Waals surface area contributed by atoms with Gasteiger partial charge in [-0.05, 0) is 19.1 Å². The lowest BCUT2D eigenvalue weighted by atomic mass is 10.2. The van der Waals surface area contributed by atoms with Gasteiger partial charge in [-0.3, -0.25) is 4.79 Å². The van der Waals surface area contributed by atoms with E-state index in [1.54, 1.807) is 27.4 Å². The fourth-order valence-corrected chi connectivity index (χ4v) is 2.90. The number of aryl methyl sites for hydroxylation is 1. The molecule has 4 aromatic rings. The molecule has 0 spiro atoms. The van der Waals surface area contributed by atoms with Crippen LogP contribution in [0.1, 0.15) is 21.1 Å². The third kappa shape index (κ3) is 2.21. The number of rotatable bonds is 3. The smallest absolute Gasteiger partial charge is 0.251 e. The molecule has 0 fully saturated rings. The average Bonchev–Trinajstić information content (AvgIpc) is 3.17. The summed E-state index contributed by atoms with van der Waals surface area (Å²) in [5, 5.41) is 12.1. The molecule has 0 unspecified atom stereocenters.